The van der Waals surface area contributed by atoms with Crippen LogP contribution in [-0.4, -0.2) is 66.3 Å². The van der Waals surface area contributed by atoms with E-state index >= 15 is 0 Å². The number of fused-ring (bicyclic) bond motifs is 1. The molecule has 0 bridgehead atoms. The molecule has 4 aromatic rings. The lowest BCUT2D eigenvalue weighted by atomic mass is 10.0. The summed E-state index contributed by atoms with van der Waals surface area (Å²) in [6.45, 7) is 8.38. The average Bonchev–Trinajstić information content (AvgIpc) is 2.89. The molecule has 12 heteroatoms. The molecule has 4 heterocycles. The molecule has 202 valence electrons. The topological polar surface area (TPSA) is 117 Å². The van der Waals surface area contributed by atoms with E-state index in [1.54, 1.807) is 30.5 Å². The Bertz CT molecular complexity index is 1660. The third kappa shape index (κ3) is 4.67. The molecule has 1 unspecified atom stereocenters. The number of anilines is 1. The second-order valence-corrected chi connectivity index (χ2v) is 10.2. The van der Waals surface area contributed by atoms with Gasteiger partial charge in [-0.1, -0.05) is 37.6 Å². The predicted molar refractivity (Wildman–Crippen MR) is 146 cm³/mol. The molecule has 1 fully saturated rings. The van der Waals surface area contributed by atoms with Crippen LogP contribution in [0.2, 0.25) is 5.15 Å². The molecule has 1 N–H and O–H groups in total. The molecule has 5 rings (SSSR count). The SMILES string of the molecule is Cc1ccnc(C(C)C)c1-n1c(=O)nc(N2CCN(C(=O)O)CC2C)c2nc(Cl)c(-c3ccccc3F)nc21. The number of amides is 1. The maximum absolute atomic E-state index is 14.8. The lowest BCUT2D eigenvalue weighted by Gasteiger charge is -2.39. The fourth-order valence-corrected chi connectivity index (χ4v) is 5.18. The highest BCUT2D eigenvalue weighted by Crippen LogP contribution is 2.34. The van der Waals surface area contributed by atoms with Crippen LogP contribution < -0.4 is 10.6 Å². The van der Waals surface area contributed by atoms with Crippen LogP contribution in [-0.2, 0) is 0 Å². The van der Waals surface area contributed by atoms with E-state index < -0.39 is 17.6 Å². The van der Waals surface area contributed by atoms with Gasteiger partial charge in [0.2, 0.25) is 0 Å². The van der Waals surface area contributed by atoms with Crippen molar-refractivity contribution < 1.29 is 14.3 Å². The predicted octanol–water partition coefficient (Wildman–Crippen LogP) is 4.65. The first-order valence-corrected chi connectivity index (χ1v) is 12.9. The Morgan fingerprint density at radius 1 is 1.15 bits per heavy atom. The van der Waals surface area contributed by atoms with E-state index in [9.17, 15) is 19.1 Å². The maximum atomic E-state index is 14.8. The zero-order chi connectivity index (χ0) is 28.0. The molecule has 1 aliphatic heterocycles. The van der Waals surface area contributed by atoms with Gasteiger partial charge in [-0.3, -0.25) is 4.98 Å². The zero-order valence-electron chi connectivity index (χ0n) is 21.9. The molecule has 0 aliphatic carbocycles. The largest absolute Gasteiger partial charge is 0.465 e. The smallest absolute Gasteiger partial charge is 0.407 e. The van der Waals surface area contributed by atoms with E-state index in [-0.39, 0.29) is 65.0 Å². The van der Waals surface area contributed by atoms with Gasteiger partial charge in [0.25, 0.3) is 0 Å². The molecule has 1 aromatic carbocycles. The Kier molecular flexibility index (Phi) is 6.94. The summed E-state index contributed by atoms with van der Waals surface area (Å²) in [5, 5.41) is 9.40. The lowest BCUT2D eigenvalue weighted by Crippen LogP contribution is -2.54. The summed E-state index contributed by atoms with van der Waals surface area (Å²) in [7, 11) is 0. The fraction of sp³-hybridized carbons (Fsp3) is 0.333. The highest BCUT2D eigenvalue weighted by Gasteiger charge is 2.31. The van der Waals surface area contributed by atoms with Gasteiger partial charge >= 0.3 is 11.8 Å². The highest BCUT2D eigenvalue weighted by molar-refractivity contribution is 6.32. The lowest BCUT2D eigenvalue weighted by molar-refractivity contribution is 0.136. The third-order valence-corrected chi connectivity index (χ3v) is 7.14. The van der Waals surface area contributed by atoms with Crippen LogP contribution in [0.3, 0.4) is 0 Å². The summed E-state index contributed by atoms with van der Waals surface area (Å²) in [6.07, 6.45) is 0.667. The molecule has 39 heavy (non-hydrogen) atoms. The minimum atomic E-state index is -1.01. The van der Waals surface area contributed by atoms with Gasteiger partial charge in [-0.2, -0.15) is 4.98 Å². The molecule has 3 aromatic heterocycles. The molecule has 0 radical (unpaired) electrons. The monoisotopic (exact) mass is 551 g/mol. The van der Waals surface area contributed by atoms with E-state index in [4.69, 9.17) is 16.6 Å². The number of benzene rings is 1. The van der Waals surface area contributed by atoms with E-state index in [0.29, 0.717) is 11.4 Å². The zero-order valence-corrected chi connectivity index (χ0v) is 22.6. The van der Waals surface area contributed by atoms with E-state index in [1.165, 1.54) is 15.5 Å². The summed E-state index contributed by atoms with van der Waals surface area (Å²) in [5.74, 6) is -0.321. The quantitative estimate of drug-likeness (QED) is 0.389. The Morgan fingerprint density at radius 3 is 2.56 bits per heavy atom. The van der Waals surface area contributed by atoms with Crippen LogP contribution in [0.1, 0.15) is 37.9 Å². The molecule has 10 nitrogen and oxygen atoms in total. The van der Waals surface area contributed by atoms with Crippen molar-refractivity contribution in [2.24, 2.45) is 0 Å². The highest BCUT2D eigenvalue weighted by atomic mass is 35.5. The number of carbonyl (C=O) groups is 1. The molecular formula is C27H27ClFN7O3. The number of aromatic nitrogens is 5. The van der Waals surface area contributed by atoms with Crippen LogP contribution in [0.15, 0.2) is 41.3 Å². The first-order chi connectivity index (χ1) is 18.6. The minimum Gasteiger partial charge on any atom is -0.465 e. The number of aryl methyl sites for hydroxylation is 1. The average molecular weight is 552 g/mol. The van der Waals surface area contributed by atoms with E-state index in [2.05, 4.69) is 15.0 Å². The van der Waals surface area contributed by atoms with Crippen molar-refractivity contribution in [2.45, 2.75) is 39.7 Å². The maximum Gasteiger partial charge on any atom is 0.407 e. The van der Waals surface area contributed by atoms with Crippen molar-refractivity contribution in [1.29, 1.82) is 0 Å². The van der Waals surface area contributed by atoms with Crippen LogP contribution in [0.4, 0.5) is 15.0 Å². The van der Waals surface area contributed by atoms with Gasteiger partial charge in [0.1, 0.15) is 11.5 Å². The van der Waals surface area contributed by atoms with Gasteiger partial charge in [0.05, 0.1) is 11.4 Å². The van der Waals surface area contributed by atoms with Crippen molar-refractivity contribution in [3.8, 4) is 16.9 Å². The van der Waals surface area contributed by atoms with Gasteiger partial charge in [-0.05, 0) is 43.5 Å². The number of rotatable bonds is 4. The molecule has 1 aliphatic rings. The van der Waals surface area contributed by atoms with Crippen LogP contribution in [0.5, 0.6) is 0 Å². The normalized spacial score (nSPS) is 15.8. The number of carboxylic acid groups (broad SMARTS) is 1. The number of pyridine rings is 1. The van der Waals surface area contributed by atoms with Crippen molar-refractivity contribution in [3.05, 3.63) is 69.2 Å². The van der Waals surface area contributed by atoms with E-state index in [1.807, 2.05) is 32.6 Å². The van der Waals surface area contributed by atoms with Gasteiger partial charge in [0.15, 0.2) is 22.1 Å². The molecule has 1 saturated heterocycles. The van der Waals surface area contributed by atoms with Gasteiger partial charge in [-0.25, -0.2) is 28.5 Å². The van der Waals surface area contributed by atoms with Crippen LogP contribution in [0.25, 0.3) is 28.1 Å². The minimum absolute atomic E-state index is 0.0306. The van der Waals surface area contributed by atoms with Crippen molar-refractivity contribution in [2.75, 3.05) is 24.5 Å². The first-order valence-electron chi connectivity index (χ1n) is 12.5. The van der Waals surface area contributed by atoms with Crippen molar-refractivity contribution in [1.82, 2.24) is 29.4 Å². The summed E-state index contributed by atoms with van der Waals surface area (Å²) in [5.41, 5.74) is 1.99. The van der Waals surface area contributed by atoms with Crippen LogP contribution >= 0.6 is 11.6 Å². The summed E-state index contributed by atoms with van der Waals surface area (Å²) in [6, 6.07) is 7.56. The summed E-state index contributed by atoms with van der Waals surface area (Å²) < 4.78 is 16.2. The number of hydrogen-bond acceptors (Lipinski definition) is 7. The number of halogens is 2. The van der Waals surface area contributed by atoms with Gasteiger partial charge in [-0.15, -0.1) is 0 Å². The Labute approximate surface area is 228 Å². The van der Waals surface area contributed by atoms with Crippen molar-refractivity contribution >= 4 is 34.7 Å². The Hall–Kier alpha value is -4.12. The molecule has 0 spiro atoms. The summed E-state index contributed by atoms with van der Waals surface area (Å²) in [4.78, 5) is 46.8. The third-order valence-electron chi connectivity index (χ3n) is 6.88. The molecule has 0 saturated carbocycles. The molecule has 1 atom stereocenters. The second-order valence-electron chi connectivity index (χ2n) is 9.86. The van der Waals surface area contributed by atoms with Crippen LogP contribution in [0, 0.1) is 12.7 Å². The fourth-order valence-electron chi connectivity index (χ4n) is 4.95. The number of piperazine rings is 1. The second kappa shape index (κ2) is 10.2. The summed E-state index contributed by atoms with van der Waals surface area (Å²) >= 11 is 6.60. The van der Waals surface area contributed by atoms with Gasteiger partial charge < -0.3 is 14.9 Å². The first kappa shape index (κ1) is 26.5. The van der Waals surface area contributed by atoms with Gasteiger partial charge in [0, 0.05) is 37.4 Å². The Balaban J connectivity index is 1.84. The Morgan fingerprint density at radius 2 is 1.90 bits per heavy atom. The number of nitrogens with zero attached hydrogens (tertiary/aromatic N) is 7. The molecular weight excluding hydrogens is 525 g/mol. The van der Waals surface area contributed by atoms with Crippen molar-refractivity contribution in [3.63, 3.8) is 0 Å². The van der Waals surface area contributed by atoms with E-state index in [0.717, 1.165) is 5.56 Å². The molecule has 1 amide bonds. The standard InChI is InChI=1S/C27H27ClFN7O3/c1-14(2)19-22(15(3)9-10-30-19)36-25-21(31-23(28)20(32-25)17-7-5-6-8-18(17)29)24(33-26(36)37)35-12-11-34(27(38)39)13-16(35)4/h5-10,14,16H,11-13H2,1-4H3,(H,38,39). The number of hydrogen-bond donors (Lipinski definition) is 1.